The molecule has 1 aromatic heterocycles. The summed E-state index contributed by atoms with van der Waals surface area (Å²) in [4.78, 5) is 15.0. The maximum atomic E-state index is 11.0. The highest BCUT2D eigenvalue weighted by molar-refractivity contribution is 5.72. The van der Waals surface area contributed by atoms with E-state index in [2.05, 4.69) is 10.3 Å². The van der Waals surface area contributed by atoms with Gasteiger partial charge >= 0.3 is 5.97 Å². The largest absolute Gasteiger partial charge is 0.481 e. The zero-order chi connectivity index (χ0) is 12.3. The summed E-state index contributed by atoms with van der Waals surface area (Å²) in [5.74, 6) is -1.12. The lowest BCUT2D eigenvalue weighted by Gasteiger charge is -2.16. The second kappa shape index (κ2) is 4.80. The number of nitrogens with zero attached hydrogens (tertiary/aromatic N) is 2. The first-order chi connectivity index (χ1) is 8.22. The third kappa shape index (κ3) is 2.34. The summed E-state index contributed by atoms with van der Waals surface area (Å²) >= 11 is 0. The van der Waals surface area contributed by atoms with Crippen LogP contribution < -0.4 is 5.32 Å². The Hall–Kier alpha value is -2.13. The summed E-state index contributed by atoms with van der Waals surface area (Å²) in [5, 5.41) is 20.8. The Labute approximate surface area is 97.8 Å². The van der Waals surface area contributed by atoms with Crippen LogP contribution in [0, 0.1) is 17.2 Å². The molecule has 17 heavy (non-hydrogen) atoms. The molecule has 0 spiro atoms. The van der Waals surface area contributed by atoms with Crippen molar-refractivity contribution in [2.45, 2.75) is 6.04 Å². The number of hydrogen-bond donors (Lipinski definition) is 2. The van der Waals surface area contributed by atoms with Crippen LogP contribution in [0.5, 0.6) is 0 Å². The number of ether oxygens (including phenoxy) is 1. The van der Waals surface area contributed by atoms with Gasteiger partial charge in [-0.3, -0.25) is 4.79 Å². The molecule has 88 valence electrons. The molecule has 0 amide bonds. The number of hydrogen-bond acceptors (Lipinski definition) is 5. The molecule has 0 aromatic carbocycles. The lowest BCUT2D eigenvalue weighted by atomic mass is 10.0. The average molecular weight is 233 g/mol. The van der Waals surface area contributed by atoms with E-state index in [0.29, 0.717) is 18.0 Å². The molecule has 6 nitrogen and oxygen atoms in total. The molecule has 0 aliphatic carbocycles. The van der Waals surface area contributed by atoms with Crippen LogP contribution in [0.2, 0.25) is 0 Å². The quantitative estimate of drug-likeness (QED) is 0.787. The number of carboxylic acids is 1. The van der Waals surface area contributed by atoms with Gasteiger partial charge in [-0.25, -0.2) is 4.98 Å². The van der Waals surface area contributed by atoms with Crippen molar-refractivity contribution in [3.8, 4) is 6.07 Å². The van der Waals surface area contributed by atoms with Crippen molar-refractivity contribution in [2.24, 2.45) is 5.92 Å². The van der Waals surface area contributed by atoms with E-state index in [1.54, 1.807) is 18.3 Å². The minimum atomic E-state index is -0.908. The first-order valence-electron chi connectivity index (χ1n) is 5.14. The Balaban J connectivity index is 2.15. The van der Waals surface area contributed by atoms with Crippen LogP contribution in [0.25, 0.3) is 0 Å². The van der Waals surface area contributed by atoms with Crippen molar-refractivity contribution in [3.05, 3.63) is 23.9 Å². The Bertz CT molecular complexity index is 469. The van der Waals surface area contributed by atoms with E-state index >= 15 is 0 Å². The second-order valence-corrected chi connectivity index (χ2v) is 3.74. The normalized spacial score (nSPS) is 23.0. The molecule has 0 saturated carbocycles. The van der Waals surface area contributed by atoms with Crippen LogP contribution >= 0.6 is 0 Å². The molecule has 1 saturated heterocycles. The summed E-state index contributed by atoms with van der Waals surface area (Å²) in [7, 11) is 0. The summed E-state index contributed by atoms with van der Waals surface area (Å²) in [6, 6.07) is 4.93. The lowest BCUT2D eigenvalue weighted by Crippen LogP contribution is -2.33. The highest BCUT2D eigenvalue weighted by Crippen LogP contribution is 2.20. The van der Waals surface area contributed by atoms with Gasteiger partial charge in [-0.1, -0.05) is 0 Å². The molecule has 2 heterocycles. The third-order valence-electron chi connectivity index (χ3n) is 2.65. The average Bonchev–Trinajstić information content (AvgIpc) is 2.78. The second-order valence-electron chi connectivity index (χ2n) is 3.74. The SMILES string of the molecule is N#Cc1cccnc1NC1COCC1C(=O)O. The van der Waals surface area contributed by atoms with E-state index in [1.165, 1.54) is 0 Å². The molecule has 1 fully saturated rings. The summed E-state index contributed by atoms with van der Waals surface area (Å²) in [6.07, 6.45) is 1.55. The Morgan fingerprint density at radius 1 is 1.65 bits per heavy atom. The number of aromatic nitrogens is 1. The first-order valence-corrected chi connectivity index (χ1v) is 5.14. The van der Waals surface area contributed by atoms with E-state index < -0.39 is 11.9 Å². The molecular formula is C11H11N3O3. The fraction of sp³-hybridized carbons (Fsp3) is 0.364. The van der Waals surface area contributed by atoms with Crippen molar-refractivity contribution in [2.75, 3.05) is 18.5 Å². The van der Waals surface area contributed by atoms with Gasteiger partial charge in [0, 0.05) is 6.20 Å². The van der Waals surface area contributed by atoms with Crippen molar-refractivity contribution >= 4 is 11.8 Å². The zero-order valence-corrected chi connectivity index (χ0v) is 8.96. The minimum Gasteiger partial charge on any atom is -0.481 e. The van der Waals surface area contributed by atoms with Gasteiger partial charge in [0.05, 0.1) is 24.8 Å². The number of nitriles is 1. The zero-order valence-electron chi connectivity index (χ0n) is 8.96. The number of anilines is 1. The number of aliphatic carboxylic acids is 1. The number of carboxylic acid groups (broad SMARTS) is 1. The minimum absolute atomic E-state index is 0.182. The molecule has 6 heteroatoms. The highest BCUT2D eigenvalue weighted by Gasteiger charge is 2.34. The predicted molar refractivity (Wildman–Crippen MR) is 58.3 cm³/mol. The number of nitrogens with one attached hydrogen (secondary N) is 1. The van der Waals surface area contributed by atoms with Crippen molar-refractivity contribution < 1.29 is 14.6 Å². The first kappa shape index (κ1) is 11.4. The number of rotatable bonds is 3. The fourth-order valence-corrected chi connectivity index (χ4v) is 1.73. The molecule has 2 unspecified atom stereocenters. The van der Waals surface area contributed by atoms with Crippen LogP contribution in [-0.2, 0) is 9.53 Å². The van der Waals surface area contributed by atoms with E-state index in [0.717, 1.165) is 0 Å². The van der Waals surface area contributed by atoms with Gasteiger partial charge in [-0.15, -0.1) is 0 Å². The number of pyridine rings is 1. The molecular weight excluding hydrogens is 222 g/mol. The molecule has 1 aliphatic heterocycles. The van der Waals surface area contributed by atoms with Gasteiger partial charge in [0.25, 0.3) is 0 Å². The smallest absolute Gasteiger partial charge is 0.311 e. The highest BCUT2D eigenvalue weighted by atomic mass is 16.5. The molecule has 2 N–H and O–H groups in total. The standard InChI is InChI=1S/C11H11N3O3/c12-4-7-2-1-3-13-10(7)14-9-6-17-5-8(9)11(15)16/h1-3,8-9H,5-6H2,(H,13,14)(H,15,16). The maximum absolute atomic E-state index is 11.0. The van der Waals surface area contributed by atoms with Crippen LogP contribution in [0.1, 0.15) is 5.56 Å². The van der Waals surface area contributed by atoms with E-state index in [1.807, 2.05) is 6.07 Å². The Morgan fingerprint density at radius 2 is 2.47 bits per heavy atom. The van der Waals surface area contributed by atoms with Crippen LogP contribution in [-0.4, -0.2) is 35.3 Å². The van der Waals surface area contributed by atoms with Gasteiger partial charge in [0.1, 0.15) is 17.8 Å². The topological polar surface area (TPSA) is 95.2 Å². The maximum Gasteiger partial charge on any atom is 0.311 e. The number of carbonyl (C=O) groups is 1. The van der Waals surface area contributed by atoms with E-state index in [4.69, 9.17) is 15.1 Å². The monoisotopic (exact) mass is 233 g/mol. The summed E-state index contributed by atoms with van der Waals surface area (Å²) in [6.45, 7) is 0.486. The predicted octanol–water partition coefficient (Wildman–Crippen LogP) is 0.465. The molecule has 1 aromatic rings. The van der Waals surface area contributed by atoms with Crippen LogP contribution in [0.15, 0.2) is 18.3 Å². The van der Waals surface area contributed by atoms with Gasteiger partial charge in [0.2, 0.25) is 0 Å². The lowest BCUT2D eigenvalue weighted by molar-refractivity contribution is -0.141. The van der Waals surface area contributed by atoms with Gasteiger partial charge in [0.15, 0.2) is 0 Å². The van der Waals surface area contributed by atoms with Crippen molar-refractivity contribution in [3.63, 3.8) is 0 Å². The Kier molecular flexibility index (Phi) is 3.21. The van der Waals surface area contributed by atoms with Crippen molar-refractivity contribution in [1.29, 1.82) is 5.26 Å². The van der Waals surface area contributed by atoms with Crippen LogP contribution in [0.3, 0.4) is 0 Å². The summed E-state index contributed by atoms with van der Waals surface area (Å²) in [5.41, 5.74) is 0.392. The molecule has 0 bridgehead atoms. The van der Waals surface area contributed by atoms with Crippen LogP contribution in [0.4, 0.5) is 5.82 Å². The Morgan fingerprint density at radius 3 is 3.18 bits per heavy atom. The molecule has 2 atom stereocenters. The molecule has 1 aliphatic rings. The van der Waals surface area contributed by atoms with Crippen molar-refractivity contribution in [1.82, 2.24) is 4.98 Å². The van der Waals surface area contributed by atoms with E-state index in [9.17, 15) is 4.79 Å². The van der Waals surface area contributed by atoms with E-state index in [-0.39, 0.29) is 12.6 Å². The summed E-state index contributed by atoms with van der Waals surface area (Å²) < 4.78 is 5.12. The van der Waals surface area contributed by atoms with Gasteiger partial charge < -0.3 is 15.2 Å². The molecule has 2 rings (SSSR count). The fourth-order valence-electron chi connectivity index (χ4n) is 1.73. The van der Waals surface area contributed by atoms with Gasteiger partial charge in [-0.2, -0.15) is 5.26 Å². The third-order valence-corrected chi connectivity index (χ3v) is 2.65. The van der Waals surface area contributed by atoms with Gasteiger partial charge in [-0.05, 0) is 12.1 Å². The molecule has 0 radical (unpaired) electrons.